The lowest BCUT2D eigenvalue weighted by Crippen LogP contribution is -2.37. The van der Waals surface area contributed by atoms with Crippen molar-refractivity contribution in [1.82, 2.24) is 0 Å². The maximum absolute atomic E-state index is 13.8. The quantitative estimate of drug-likeness (QED) is 0.284. The van der Waals surface area contributed by atoms with Gasteiger partial charge in [-0.05, 0) is 67.1 Å². The van der Waals surface area contributed by atoms with Gasteiger partial charge < -0.3 is 4.42 Å². The van der Waals surface area contributed by atoms with Crippen LogP contribution in [0.15, 0.2) is 89.3 Å². The summed E-state index contributed by atoms with van der Waals surface area (Å²) in [5, 5.41) is 2.60. The molecule has 3 aromatic carbocycles. The van der Waals surface area contributed by atoms with Gasteiger partial charge in [-0.3, -0.25) is 14.4 Å². The van der Waals surface area contributed by atoms with Gasteiger partial charge in [-0.15, -0.1) is 0 Å². The Morgan fingerprint density at radius 1 is 0.806 bits per heavy atom. The number of aryl methyl sites for hydroxylation is 1. The Bertz CT molecular complexity index is 1490. The Morgan fingerprint density at radius 2 is 1.58 bits per heavy atom. The molecule has 2 saturated heterocycles. The van der Waals surface area contributed by atoms with Crippen molar-refractivity contribution in [1.29, 1.82) is 0 Å². The van der Waals surface area contributed by atoms with Crippen molar-refractivity contribution < 1.29 is 18.8 Å². The van der Waals surface area contributed by atoms with E-state index in [0.717, 1.165) is 5.56 Å². The highest BCUT2D eigenvalue weighted by atomic mass is 35.5. The molecule has 2 amide bonds. The van der Waals surface area contributed by atoms with E-state index in [1.807, 2.05) is 55.5 Å². The van der Waals surface area contributed by atoms with Gasteiger partial charge in [0.15, 0.2) is 6.10 Å². The van der Waals surface area contributed by atoms with Gasteiger partial charge in [-0.1, -0.05) is 53.5 Å². The van der Waals surface area contributed by atoms with Crippen LogP contribution in [0.2, 0.25) is 10.0 Å². The third-order valence-corrected chi connectivity index (χ3v) is 7.06. The number of carbonyl (C=O) groups excluding carboxylic acids is 2. The zero-order valence-electron chi connectivity index (χ0n) is 19.1. The molecule has 180 valence electrons. The molecule has 0 bridgehead atoms. The predicted molar refractivity (Wildman–Crippen MR) is 138 cm³/mol. The molecule has 8 heteroatoms. The predicted octanol–water partition coefficient (Wildman–Crippen LogP) is 6.61. The highest BCUT2D eigenvalue weighted by Gasteiger charge is 2.61. The van der Waals surface area contributed by atoms with Crippen molar-refractivity contribution in [3.05, 3.63) is 106 Å². The molecule has 1 aromatic heterocycles. The molecule has 0 saturated carbocycles. The van der Waals surface area contributed by atoms with Crippen molar-refractivity contribution in [3.63, 3.8) is 0 Å². The van der Waals surface area contributed by atoms with Crippen LogP contribution < -0.4 is 9.96 Å². The fraction of sp³-hybridized carbons (Fsp3) is 0.143. The van der Waals surface area contributed by atoms with Crippen molar-refractivity contribution in [2.24, 2.45) is 5.92 Å². The van der Waals surface area contributed by atoms with E-state index in [0.29, 0.717) is 38.5 Å². The van der Waals surface area contributed by atoms with Crippen LogP contribution in [0.5, 0.6) is 0 Å². The van der Waals surface area contributed by atoms with E-state index >= 15 is 0 Å². The van der Waals surface area contributed by atoms with Crippen molar-refractivity contribution in [3.8, 4) is 11.3 Å². The van der Waals surface area contributed by atoms with Crippen molar-refractivity contribution in [2.45, 2.75) is 19.1 Å². The first-order chi connectivity index (χ1) is 17.4. The summed E-state index contributed by atoms with van der Waals surface area (Å²) in [6, 6.07) is 24.7. The third kappa shape index (κ3) is 3.69. The third-order valence-electron chi connectivity index (χ3n) is 6.50. The fourth-order valence-electron chi connectivity index (χ4n) is 4.87. The van der Waals surface area contributed by atoms with Gasteiger partial charge in [-0.25, -0.2) is 9.96 Å². The Morgan fingerprint density at radius 3 is 2.36 bits per heavy atom. The van der Waals surface area contributed by atoms with Gasteiger partial charge in [0.2, 0.25) is 5.91 Å². The van der Waals surface area contributed by atoms with Crippen molar-refractivity contribution in [2.75, 3.05) is 9.96 Å². The molecule has 4 aromatic rings. The van der Waals surface area contributed by atoms with Crippen LogP contribution in [-0.4, -0.2) is 17.9 Å². The number of benzene rings is 3. The zero-order valence-corrected chi connectivity index (χ0v) is 20.6. The van der Waals surface area contributed by atoms with Crippen LogP contribution in [-0.2, 0) is 14.4 Å². The number of imide groups is 1. The first kappa shape index (κ1) is 22.9. The highest BCUT2D eigenvalue weighted by Crippen LogP contribution is 2.48. The molecule has 2 fully saturated rings. The molecule has 3 atom stereocenters. The normalized spacial score (nSPS) is 21.4. The number of fused-ring (bicyclic) bond motifs is 1. The number of nitrogens with zero attached hydrogens (tertiary/aromatic N) is 2. The summed E-state index contributed by atoms with van der Waals surface area (Å²) >= 11 is 12.6. The topological polar surface area (TPSA) is 63.0 Å². The van der Waals surface area contributed by atoms with Crippen LogP contribution in [0.3, 0.4) is 0 Å². The molecular formula is C28H20Cl2N2O4. The molecule has 36 heavy (non-hydrogen) atoms. The summed E-state index contributed by atoms with van der Waals surface area (Å²) in [5.74, 6) is -0.556. The number of para-hydroxylation sites is 1. The standard InChI is InChI=1S/C28H20Cl2N2O4/c1-16-6-5-9-19(14-16)31-27(33)24-25(32(36-26(24)28(31)34)18-7-3-2-4-8-18)23-13-12-22(35-23)20-15-17(29)10-11-21(20)30/h2-15,24-26H,1H3. The minimum atomic E-state index is -0.980. The largest absolute Gasteiger partial charge is 0.459 e. The number of furan rings is 1. The molecule has 0 spiro atoms. The molecule has 2 aliphatic rings. The van der Waals surface area contributed by atoms with E-state index in [2.05, 4.69) is 0 Å². The van der Waals surface area contributed by atoms with Crippen LogP contribution in [0.1, 0.15) is 17.4 Å². The van der Waals surface area contributed by atoms with E-state index in [9.17, 15) is 9.59 Å². The second-order valence-corrected chi connectivity index (χ2v) is 9.68. The first-order valence-corrected chi connectivity index (χ1v) is 12.2. The Hall–Kier alpha value is -3.58. The molecule has 2 aliphatic heterocycles. The second-order valence-electron chi connectivity index (χ2n) is 8.84. The molecule has 3 unspecified atom stereocenters. The average Bonchev–Trinajstić information content (AvgIpc) is 3.56. The number of halogens is 2. The van der Waals surface area contributed by atoms with E-state index < -0.39 is 24.0 Å². The van der Waals surface area contributed by atoms with Gasteiger partial charge >= 0.3 is 0 Å². The maximum Gasteiger partial charge on any atom is 0.266 e. The summed E-state index contributed by atoms with van der Waals surface area (Å²) in [4.78, 5) is 34.6. The molecule has 0 N–H and O–H groups in total. The Kier molecular flexibility index (Phi) is 5.60. The lowest BCUT2D eigenvalue weighted by Gasteiger charge is -2.27. The van der Waals surface area contributed by atoms with E-state index in [1.165, 1.54) is 4.90 Å². The molecule has 0 radical (unpaired) electrons. The van der Waals surface area contributed by atoms with Crippen LogP contribution >= 0.6 is 23.2 Å². The van der Waals surface area contributed by atoms with Gasteiger partial charge in [-0.2, -0.15) is 0 Å². The minimum Gasteiger partial charge on any atom is -0.459 e. The summed E-state index contributed by atoms with van der Waals surface area (Å²) < 4.78 is 6.25. The lowest BCUT2D eigenvalue weighted by atomic mass is 9.94. The fourth-order valence-corrected chi connectivity index (χ4v) is 5.25. The maximum atomic E-state index is 13.8. The smallest absolute Gasteiger partial charge is 0.266 e. The van der Waals surface area contributed by atoms with E-state index in [-0.39, 0.29) is 5.91 Å². The SMILES string of the molecule is Cc1cccc(N2C(=O)C3ON(c4ccccc4)C(c4ccc(-c5cc(Cl)ccc5Cl)o4)C3C2=O)c1. The number of carbonyl (C=O) groups is 2. The summed E-state index contributed by atoms with van der Waals surface area (Å²) in [6.45, 7) is 1.91. The van der Waals surface area contributed by atoms with Gasteiger partial charge in [0.1, 0.15) is 23.5 Å². The number of amides is 2. The van der Waals surface area contributed by atoms with Gasteiger partial charge in [0.25, 0.3) is 5.91 Å². The summed E-state index contributed by atoms with van der Waals surface area (Å²) in [5.41, 5.74) is 2.81. The van der Waals surface area contributed by atoms with Crippen LogP contribution in [0.4, 0.5) is 11.4 Å². The molecule has 6 rings (SSSR count). The first-order valence-electron chi connectivity index (χ1n) is 11.4. The number of hydrogen-bond acceptors (Lipinski definition) is 5. The molecule has 0 aliphatic carbocycles. The molecule has 3 heterocycles. The monoisotopic (exact) mass is 518 g/mol. The number of hydroxylamine groups is 1. The van der Waals surface area contributed by atoms with Crippen molar-refractivity contribution >= 4 is 46.4 Å². The Balaban J connectivity index is 1.43. The minimum absolute atomic E-state index is 0.335. The zero-order chi connectivity index (χ0) is 25.0. The molecule has 6 nitrogen and oxygen atoms in total. The van der Waals surface area contributed by atoms with Gasteiger partial charge in [0, 0.05) is 10.6 Å². The van der Waals surface area contributed by atoms with Gasteiger partial charge in [0.05, 0.1) is 16.4 Å². The lowest BCUT2D eigenvalue weighted by molar-refractivity contribution is -0.126. The summed E-state index contributed by atoms with van der Waals surface area (Å²) in [7, 11) is 0. The number of hydrogen-bond donors (Lipinski definition) is 0. The average molecular weight is 519 g/mol. The number of rotatable bonds is 4. The number of anilines is 2. The van der Waals surface area contributed by atoms with E-state index in [4.69, 9.17) is 32.5 Å². The van der Waals surface area contributed by atoms with Crippen LogP contribution in [0, 0.1) is 12.8 Å². The second kappa shape index (κ2) is 8.82. The van der Waals surface area contributed by atoms with E-state index in [1.54, 1.807) is 41.5 Å². The summed E-state index contributed by atoms with van der Waals surface area (Å²) in [6.07, 6.45) is -0.980. The van der Waals surface area contributed by atoms with Crippen LogP contribution in [0.25, 0.3) is 11.3 Å². The highest BCUT2D eigenvalue weighted by molar-refractivity contribution is 6.35. The molecular weight excluding hydrogens is 499 g/mol. The Labute approximate surface area is 217 Å².